The Kier molecular flexibility index (Phi) is 3.23. The van der Waals surface area contributed by atoms with Crippen LogP contribution in [0.4, 0.5) is 0 Å². The number of hydrogen-bond acceptors (Lipinski definition) is 5. The lowest BCUT2D eigenvalue weighted by Crippen LogP contribution is -2.30. The van der Waals surface area contributed by atoms with E-state index in [1.165, 1.54) is 11.1 Å². The summed E-state index contributed by atoms with van der Waals surface area (Å²) in [6.07, 6.45) is 8.49. The third-order valence-corrected chi connectivity index (χ3v) is 3.92. The Morgan fingerprint density at radius 3 is 3.05 bits per heavy atom. The summed E-state index contributed by atoms with van der Waals surface area (Å²) in [5.74, 6) is 1.39. The number of furan rings is 1. The van der Waals surface area contributed by atoms with Gasteiger partial charge in [-0.3, -0.25) is 9.58 Å². The van der Waals surface area contributed by atoms with Crippen molar-refractivity contribution < 1.29 is 4.42 Å². The van der Waals surface area contributed by atoms with E-state index < -0.39 is 0 Å². The lowest BCUT2D eigenvalue weighted by Gasteiger charge is -2.27. The van der Waals surface area contributed by atoms with Gasteiger partial charge >= 0.3 is 0 Å². The first-order valence-electron chi connectivity index (χ1n) is 7.36. The first-order chi connectivity index (χ1) is 10.8. The molecule has 0 fully saturated rings. The van der Waals surface area contributed by atoms with Gasteiger partial charge in [0, 0.05) is 56.6 Å². The molecule has 0 radical (unpaired) electrons. The summed E-state index contributed by atoms with van der Waals surface area (Å²) in [5, 5.41) is 4.22. The van der Waals surface area contributed by atoms with E-state index in [2.05, 4.69) is 26.2 Å². The number of aryl methyl sites for hydroxylation is 1. The zero-order valence-electron chi connectivity index (χ0n) is 12.4. The van der Waals surface area contributed by atoms with Crippen LogP contribution in [0.25, 0.3) is 11.6 Å². The first kappa shape index (κ1) is 13.2. The second kappa shape index (κ2) is 5.38. The molecule has 3 aromatic rings. The van der Waals surface area contributed by atoms with Crippen LogP contribution in [0.15, 0.2) is 41.4 Å². The van der Waals surface area contributed by atoms with E-state index in [9.17, 15) is 0 Å². The van der Waals surface area contributed by atoms with Crippen LogP contribution in [-0.2, 0) is 26.6 Å². The second-order valence-electron chi connectivity index (χ2n) is 5.63. The molecule has 0 amide bonds. The average molecular weight is 295 g/mol. The highest BCUT2D eigenvalue weighted by Gasteiger charge is 2.19. The van der Waals surface area contributed by atoms with E-state index in [1.807, 2.05) is 36.3 Å². The van der Waals surface area contributed by atoms with Crippen LogP contribution in [0.2, 0.25) is 0 Å². The standard InChI is InChI=1S/C16H17N5O/c1-20-9-12(7-18-20)10-21-5-4-14-13(11-21)8-17-16(19-14)15-3-2-6-22-15/h2-3,6-9H,4-5,10-11H2,1H3. The fourth-order valence-corrected chi connectivity index (χ4v) is 2.85. The molecule has 0 saturated carbocycles. The molecular formula is C16H17N5O. The third-order valence-electron chi connectivity index (χ3n) is 3.92. The molecule has 22 heavy (non-hydrogen) atoms. The van der Waals surface area contributed by atoms with Crippen molar-refractivity contribution in [3.63, 3.8) is 0 Å². The molecule has 0 saturated heterocycles. The van der Waals surface area contributed by atoms with Gasteiger partial charge in [-0.2, -0.15) is 5.10 Å². The molecule has 112 valence electrons. The highest BCUT2D eigenvalue weighted by Crippen LogP contribution is 2.22. The third kappa shape index (κ3) is 2.53. The lowest BCUT2D eigenvalue weighted by molar-refractivity contribution is 0.243. The van der Waals surface area contributed by atoms with Gasteiger partial charge in [-0.05, 0) is 12.1 Å². The van der Waals surface area contributed by atoms with Crippen molar-refractivity contribution in [3.8, 4) is 11.6 Å². The maximum Gasteiger partial charge on any atom is 0.195 e. The van der Waals surface area contributed by atoms with Crippen molar-refractivity contribution in [2.45, 2.75) is 19.5 Å². The number of nitrogens with zero attached hydrogens (tertiary/aromatic N) is 5. The minimum Gasteiger partial charge on any atom is -0.461 e. The summed E-state index contributed by atoms with van der Waals surface area (Å²) in [4.78, 5) is 11.5. The molecule has 1 aliphatic rings. The summed E-state index contributed by atoms with van der Waals surface area (Å²) >= 11 is 0. The zero-order chi connectivity index (χ0) is 14.9. The van der Waals surface area contributed by atoms with Crippen molar-refractivity contribution >= 4 is 0 Å². The second-order valence-corrected chi connectivity index (χ2v) is 5.63. The largest absolute Gasteiger partial charge is 0.461 e. The van der Waals surface area contributed by atoms with Crippen molar-refractivity contribution in [2.24, 2.45) is 7.05 Å². The molecule has 0 aromatic carbocycles. The topological polar surface area (TPSA) is 60.0 Å². The molecule has 4 rings (SSSR count). The zero-order valence-corrected chi connectivity index (χ0v) is 12.4. The van der Waals surface area contributed by atoms with E-state index in [0.717, 1.165) is 37.5 Å². The Balaban J connectivity index is 1.52. The molecule has 6 heteroatoms. The molecule has 6 nitrogen and oxygen atoms in total. The highest BCUT2D eigenvalue weighted by atomic mass is 16.3. The van der Waals surface area contributed by atoms with Crippen molar-refractivity contribution in [1.82, 2.24) is 24.6 Å². The summed E-state index contributed by atoms with van der Waals surface area (Å²) in [7, 11) is 1.94. The van der Waals surface area contributed by atoms with Crippen LogP contribution in [-0.4, -0.2) is 31.2 Å². The minimum atomic E-state index is 0.671. The summed E-state index contributed by atoms with van der Waals surface area (Å²) < 4.78 is 7.21. The molecule has 3 aromatic heterocycles. The molecule has 0 aliphatic carbocycles. The van der Waals surface area contributed by atoms with Gasteiger partial charge in [0.05, 0.1) is 18.2 Å². The Labute approximate surface area is 128 Å². The predicted molar refractivity (Wildman–Crippen MR) is 80.8 cm³/mol. The summed E-state index contributed by atoms with van der Waals surface area (Å²) in [5.41, 5.74) is 3.56. The quantitative estimate of drug-likeness (QED) is 0.740. The minimum absolute atomic E-state index is 0.671. The molecular weight excluding hydrogens is 278 g/mol. The van der Waals surface area contributed by atoms with Crippen LogP contribution in [0.5, 0.6) is 0 Å². The van der Waals surface area contributed by atoms with E-state index in [-0.39, 0.29) is 0 Å². The average Bonchev–Trinajstić information content (AvgIpc) is 3.19. The lowest BCUT2D eigenvalue weighted by atomic mass is 10.1. The van der Waals surface area contributed by atoms with Crippen LogP contribution in [0, 0.1) is 0 Å². The molecule has 1 aliphatic heterocycles. The van der Waals surface area contributed by atoms with Gasteiger partial charge in [0.25, 0.3) is 0 Å². The first-order valence-corrected chi connectivity index (χ1v) is 7.36. The van der Waals surface area contributed by atoms with Gasteiger partial charge in [-0.25, -0.2) is 9.97 Å². The summed E-state index contributed by atoms with van der Waals surface area (Å²) in [6, 6.07) is 3.74. The number of fused-ring (bicyclic) bond motifs is 1. The molecule has 0 spiro atoms. The smallest absolute Gasteiger partial charge is 0.195 e. The van der Waals surface area contributed by atoms with Gasteiger partial charge in [-0.15, -0.1) is 0 Å². The maximum absolute atomic E-state index is 5.37. The molecule has 0 bridgehead atoms. The van der Waals surface area contributed by atoms with E-state index in [1.54, 1.807) is 6.26 Å². The van der Waals surface area contributed by atoms with Crippen LogP contribution >= 0.6 is 0 Å². The summed E-state index contributed by atoms with van der Waals surface area (Å²) in [6.45, 7) is 2.78. The Hall–Kier alpha value is -2.47. The van der Waals surface area contributed by atoms with Gasteiger partial charge in [0.1, 0.15) is 0 Å². The van der Waals surface area contributed by atoms with E-state index in [0.29, 0.717) is 5.82 Å². The molecule has 0 unspecified atom stereocenters. The fourth-order valence-electron chi connectivity index (χ4n) is 2.85. The predicted octanol–water partition coefficient (Wildman–Crippen LogP) is 2.03. The SMILES string of the molecule is Cn1cc(CN2CCc3nc(-c4ccco4)ncc3C2)cn1. The number of rotatable bonds is 3. The fraction of sp³-hybridized carbons (Fsp3) is 0.312. The van der Waals surface area contributed by atoms with Crippen LogP contribution in [0.1, 0.15) is 16.8 Å². The normalized spacial score (nSPS) is 15.0. The van der Waals surface area contributed by atoms with Crippen molar-refractivity contribution in [2.75, 3.05) is 6.54 Å². The molecule has 0 N–H and O–H groups in total. The highest BCUT2D eigenvalue weighted by molar-refractivity contribution is 5.46. The molecule has 4 heterocycles. The van der Waals surface area contributed by atoms with Crippen LogP contribution < -0.4 is 0 Å². The van der Waals surface area contributed by atoms with Gasteiger partial charge in [0.15, 0.2) is 11.6 Å². The monoisotopic (exact) mass is 295 g/mol. The Bertz CT molecular complexity index is 778. The maximum atomic E-state index is 5.37. The van der Waals surface area contributed by atoms with Gasteiger partial charge < -0.3 is 4.42 Å². The molecule has 0 atom stereocenters. The van der Waals surface area contributed by atoms with E-state index >= 15 is 0 Å². The Morgan fingerprint density at radius 2 is 2.27 bits per heavy atom. The van der Waals surface area contributed by atoms with Crippen LogP contribution in [0.3, 0.4) is 0 Å². The van der Waals surface area contributed by atoms with Crippen molar-refractivity contribution in [1.29, 1.82) is 0 Å². The van der Waals surface area contributed by atoms with Gasteiger partial charge in [0.2, 0.25) is 0 Å². The number of aromatic nitrogens is 4. The Morgan fingerprint density at radius 1 is 1.32 bits per heavy atom. The van der Waals surface area contributed by atoms with Gasteiger partial charge in [-0.1, -0.05) is 0 Å². The van der Waals surface area contributed by atoms with E-state index in [4.69, 9.17) is 4.42 Å². The number of hydrogen-bond donors (Lipinski definition) is 0. The van der Waals surface area contributed by atoms with Crippen molar-refractivity contribution in [3.05, 3.63) is 53.8 Å².